The molecule has 3 nitrogen and oxygen atoms in total. The zero-order valence-electron chi connectivity index (χ0n) is 11.9. The summed E-state index contributed by atoms with van der Waals surface area (Å²) in [5.41, 5.74) is 2.38. The summed E-state index contributed by atoms with van der Waals surface area (Å²) in [6.07, 6.45) is 0.738. The van der Waals surface area contributed by atoms with Gasteiger partial charge in [-0.2, -0.15) is 0 Å². The fraction of sp³-hybridized carbons (Fsp3) is 0.250. The Morgan fingerprint density at radius 3 is 2.81 bits per heavy atom. The first-order valence-corrected chi connectivity index (χ1v) is 7.89. The number of benzene rings is 1. The maximum Gasteiger partial charge on any atom is 0.251 e. The first-order valence-electron chi connectivity index (χ1n) is 6.72. The molecule has 0 spiro atoms. The molecule has 2 rings (SSSR count). The van der Waals surface area contributed by atoms with E-state index in [1.165, 1.54) is 0 Å². The van der Waals surface area contributed by atoms with Crippen LogP contribution in [-0.2, 0) is 6.42 Å². The predicted molar refractivity (Wildman–Crippen MR) is 88.6 cm³/mol. The van der Waals surface area contributed by atoms with Gasteiger partial charge in [0.1, 0.15) is 5.15 Å². The van der Waals surface area contributed by atoms with Gasteiger partial charge >= 0.3 is 0 Å². The number of carbonyl (C=O) groups excluding carboxylic acids is 1. The van der Waals surface area contributed by atoms with Gasteiger partial charge in [-0.15, -0.1) is 0 Å². The van der Waals surface area contributed by atoms with Crippen molar-refractivity contribution in [2.24, 2.45) is 0 Å². The Kier molecular flexibility index (Phi) is 5.37. The van der Waals surface area contributed by atoms with Crippen LogP contribution in [0.1, 0.15) is 41.5 Å². The largest absolute Gasteiger partial charge is 0.346 e. The van der Waals surface area contributed by atoms with E-state index in [2.05, 4.69) is 26.2 Å². The fourth-order valence-corrected chi connectivity index (χ4v) is 2.65. The van der Waals surface area contributed by atoms with E-state index >= 15 is 0 Å². The highest BCUT2D eigenvalue weighted by molar-refractivity contribution is 9.10. The summed E-state index contributed by atoms with van der Waals surface area (Å²) < 4.78 is 0.987. The molecule has 1 heterocycles. The summed E-state index contributed by atoms with van der Waals surface area (Å²) in [5, 5.41) is 3.31. The van der Waals surface area contributed by atoms with Gasteiger partial charge in [-0.3, -0.25) is 4.79 Å². The lowest BCUT2D eigenvalue weighted by Crippen LogP contribution is -2.26. The summed E-state index contributed by atoms with van der Waals surface area (Å²) in [7, 11) is 0. The molecule has 1 atom stereocenters. The topological polar surface area (TPSA) is 42.0 Å². The first-order chi connectivity index (χ1) is 9.99. The third-order valence-electron chi connectivity index (χ3n) is 3.17. The molecule has 0 aliphatic rings. The number of nitrogens with one attached hydrogen (secondary N) is 1. The van der Waals surface area contributed by atoms with Gasteiger partial charge in [0, 0.05) is 15.7 Å². The van der Waals surface area contributed by atoms with Gasteiger partial charge in [-0.05, 0) is 43.2 Å². The molecule has 0 saturated heterocycles. The number of rotatable bonds is 4. The number of hydrogen-bond donors (Lipinski definition) is 1. The van der Waals surface area contributed by atoms with Crippen molar-refractivity contribution < 1.29 is 4.79 Å². The van der Waals surface area contributed by atoms with Crippen LogP contribution in [-0.4, -0.2) is 10.9 Å². The van der Waals surface area contributed by atoms with E-state index in [-0.39, 0.29) is 11.9 Å². The standard InChI is InChI=1S/C16H16BrClN2O/c1-3-14-8-12(9-15(18)20-14)16(21)19-10(2)11-5-4-6-13(17)7-11/h4-10H,3H2,1-2H3,(H,19,21). The molecule has 1 unspecified atom stereocenters. The third-order valence-corrected chi connectivity index (χ3v) is 3.85. The molecule has 1 N–H and O–H groups in total. The zero-order valence-corrected chi connectivity index (χ0v) is 14.2. The molecule has 1 aromatic heterocycles. The van der Waals surface area contributed by atoms with E-state index in [4.69, 9.17) is 11.6 Å². The van der Waals surface area contributed by atoms with Gasteiger partial charge in [-0.1, -0.05) is 46.6 Å². The van der Waals surface area contributed by atoms with Crippen LogP contribution in [0.2, 0.25) is 5.15 Å². The van der Waals surface area contributed by atoms with Crippen LogP contribution >= 0.6 is 27.5 Å². The highest BCUT2D eigenvalue weighted by Crippen LogP contribution is 2.19. The van der Waals surface area contributed by atoms with E-state index in [1.54, 1.807) is 12.1 Å². The number of aryl methyl sites for hydroxylation is 1. The second kappa shape index (κ2) is 7.05. The second-order valence-electron chi connectivity index (χ2n) is 4.77. The minimum atomic E-state index is -0.151. The lowest BCUT2D eigenvalue weighted by Gasteiger charge is -2.15. The van der Waals surface area contributed by atoms with E-state index in [9.17, 15) is 4.79 Å². The molecule has 1 amide bonds. The van der Waals surface area contributed by atoms with Crippen LogP contribution in [0, 0.1) is 0 Å². The number of nitrogens with zero attached hydrogens (tertiary/aromatic N) is 1. The van der Waals surface area contributed by atoms with Crippen LogP contribution in [0.4, 0.5) is 0 Å². The number of amides is 1. The summed E-state index contributed by atoms with van der Waals surface area (Å²) in [6, 6.07) is 11.1. The van der Waals surface area contributed by atoms with Crippen molar-refractivity contribution in [1.29, 1.82) is 0 Å². The van der Waals surface area contributed by atoms with Crippen molar-refractivity contribution in [3.8, 4) is 0 Å². The Hall–Kier alpha value is -1.39. The third kappa shape index (κ3) is 4.29. The van der Waals surface area contributed by atoms with Gasteiger partial charge in [0.25, 0.3) is 5.91 Å². The number of aromatic nitrogens is 1. The smallest absolute Gasteiger partial charge is 0.251 e. The van der Waals surface area contributed by atoms with Crippen molar-refractivity contribution in [1.82, 2.24) is 10.3 Å². The molecular weight excluding hydrogens is 352 g/mol. The minimum Gasteiger partial charge on any atom is -0.346 e. The Balaban J connectivity index is 2.16. The molecule has 0 fully saturated rings. The van der Waals surface area contributed by atoms with Crippen molar-refractivity contribution >= 4 is 33.4 Å². The molecule has 0 aliphatic heterocycles. The Morgan fingerprint density at radius 2 is 2.14 bits per heavy atom. The Labute approximate surface area is 137 Å². The van der Waals surface area contributed by atoms with E-state index in [0.29, 0.717) is 10.7 Å². The number of hydrogen-bond acceptors (Lipinski definition) is 2. The molecule has 2 aromatic rings. The van der Waals surface area contributed by atoms with Crippen molar-refractivity contribution in [3.05, 3.63) is 62.8 Å². The molecule has 0 saturated carbocycles. The zero-order chi connectivity index (χ0) is 15.4. The van der Waals surface area contributed by atoms with Crippen molar-refractivity contribution in [2.75, 3.05) is 0 Å². The Bertz CT molecular complexity index is 660. The van der Waals surface area contributed by atoms with Gasteiger partial charge < -0.3 is 5.32 Å². The van der Waals surface area contributed by atoms with Gasteiger partial charge in [-0.25, -0.2) is 4.98 Å². The van der Waals surface area contributed by atoms with Crippen LogP contribution in [0.3, 0.4) is 0 Å². The van der Waals surface area contributed by atoms with E-state index in [1.807, 2.05) is 38.1 Å². The summed E-state index contributed by atoms with van der Waals surface area (Å²) in [6.45, 7) is 3.92. The lowest BCUT2D eigenvalue weighted by atomic mass is 10.1. The molecule has 110 valence electrons. The first kappa shape index (κ1) is 16.0. The molecule has 0 radical (unpaired) electrons. The van der Waals surface area contributed by atoms with Crippen LogP contribution < -0.4 is 5.32 Å². The molecular formula is C16H16BrClN2O. The van der Waals surface area contributed by atoms with Crippen LogP contribution in [0.5, 0.6) is 0 Å². The van der Waals surface area contributed by atoms with Gasteiger partial charge in [0.15, 0.2) is 0 Å². The molecule has 5 heteroatoms. The van der Waals surface area contributed by atoms with Crippen molar-refractivity contribution in [3.63, 3.8) is 0 Å². The van der Waals surface area contributed by atoms with E-state index in [0.717, 1.165) is 22.2 Å². The molecule has 1 aromatic carbocycles. The maximum absolute atomic E-state index is 12.3. The van der Waals surface area contributed by atoms with Gasteiger partial charge in [0.2, 0.25) is 0 Å². The highest BCUT2D eigenvalue weighted by Gasteiger charge is 2.13. The normalized spacial score (nSPS) is 12.0. The molecule has 0 aliphatic carbocycles. The molecule has 0 bridgehead atoms. The molecule has 21 heavy (non-hydrogen) atoms. The Morgan fingerprint density at radius 1 is 1.38 bits per heavy atom. The fourth-order valence-electron chi connectivity index (χ4n) is 2.00. The highest BCUT2D eigenvalue weighted by atomic mass is 79.9. The number of carbonyl (C=O) groups is 1. The summed E-state index contributed by atoms with van der Waals surface area (Å²) in [4.78, 5) is 16.5. The van der Waals surface area contributed by atoms with Crippen molar-refractivity contribution in [2.45, 2.75) is 26.3 Å². The number of pyridine rings is 1. The van der Waals surface area contributed by atoms with E-state index < -0.39 is 0 Å². The van der Waals surface area contributed by atoms with Gasteiger partial charge in [0.05, 0.1) is 6.04 Å². The predicted octanol–water partition coefficient (Wildman–Crippen LogP) is 4.55. The average Bonchev–Trinajstić information content (AvgIpc) is 2.46. The van der Waals surface area contributed by atoms with Crippen LogP contribution in [0.25, 0.3) is 0 Å². The SMILES string of the molecule is CCc1cc(C(=O)NC(C)c2cccc(Br)c2)cc(Cl)n1. The average molecular weight is 368 g/mol. The second-order valence-corrected chi connectivity index (χ2v) is 6.08. The van der Waals surface area contributed by atoms with Crippen LogP contribution in [0.15, 0.2) is 40.9 Å². The monoisotopic (exact) mass is 366 g/mol. The maximum atomic E-state index is 12.3. The summed E-state index contributed by atoms with van der Waals surface area (Å²) >= 11 is 9.38. The quantitative estimate of drug-likeness (QED) is 0.805. The summed E-state index contributed by atoms with van der Waals surface area (Å²) in [5.74, 6) is -0.151. The minimum absolute atomic E-state index is 0.0907. The lowest BCUT2D eigenvalue weighted by molar-refractivity contribution is 0.0939. The number of halogens is 2.